The molecule has 10 aromatic rings. The Morgan fingerprint density at radius 1 is 0.404 bits per heavy atom. The molecule has 0 atom stereocenters. The van der Waals surface area contributed by atoms with E-state index in [2.05, 4.69) is 0 Å². The van der Waals surface area contributed by atoms with Crippen molar-refractivity contribution in [1.29, 1.82) is 0 Å². The molecule has 11 rings (SSSR count). The minimum Gasteiger partial charge on any atom is -0.456 e. The summed E-state index contributed by atoms with van der Waals surface area (Å²) in [7, 11) is 0. The average Bonchev–Trinajstić information content (AvgIpc) is 4.11. The monoisotopic (exact) mass is 755 g/mol. The van der Waals surface area contributed by atoms with Crippen LogP contribution in [0.15, 0.2) is 143 Å². The summed E-state index contributed by atoms with van der Waals surface area (Å²) in [6, 6.07) is -12.4. The molecule has 1 heteroatoms. The second-order valence-corrected chi connectivity index (χ2v) is 15.1. The van der Waals surface area contributed by atoms with Crippen LogP contribution < -0.4 is 0 Å². The molecular weight excluding hydrogens is 689 g/mol. The molecule has 274 valence electrons. The van der Waals surface area contributed by atoms with Gasteiger partial charge in [-0.1, -0.05) is 129 Å². The Kier molecular flexibility index (Phi) is 3.75. The van der Waals surface area contributed by atoms with E-state index in [4.69, 9.17) is 19.5 Å². The summed E-state index contributed by atoms with van der Waals surface area (Å²) in [5, 5.41) is -1.55. The van der Waals surface area contributed by atoms with E-state index in [1.165, 1.54) is 34.6 Å². The van der Waals surface area contributed by atoms with E-state index in [9.17, 15) is 16.4 Å². The van der Waals surface area contributed by atoms with E-state index in [0.29, 0.717) is 0 Å². The summed E-state index contributed by atoms with van der Waals surface area (Å²) in [4.78, 5) is 0. The van der Waals surface area contributed by atoms with Crippen molar-refractivity contribution in [1.82, 2.24) is 0 Å². The Bertz CT molecular complexity index is 4590. The molecule has 0 saturated heterocycles. The van der Waals surface area contributed by atoms with E-state index in [1.54, 1.807) is 13.8 Å². The highest BCUT2D eigenvalue weighted by atomic mass is 16.3. The number of rotatable bonds is 3. The van der Waals surface area contributed by atoms with Gasteiger partial charge in [-0.15, -0.1) is 0 Å². The van der Waals surface area contributed by atoms with Gasteiger partial charge in [0.05, 0.1) is 31.5 Å². The predicted molar refractivity (Wildman–Crippen MR) is 244 cm³/mol. The highest BCUT2D eigenvalue weighted by Gasteiger charge is 2.36. The molecule has 0 amide bonds. The van der Waals surface area contributed by atoms with Gasteiger partial charge >= 0.3 is 0 Å². The molecule has 0 fully saturated rings. The summed E-state index contributed by atoms with van der Waals surface area (Å²) in [6.45, 7) is 10.6. The maximum absolute atomic E-state index is 10.2. The second kappa shape index (κ2) is 12.0. The van der Waals surface area contributed by atoms with Gasteiger partial charge in [0.15, 0.2) is 0 Å². The van der Waals surface area contributed by atoms with Crippen molar-refractivity contribution in [2.24, 2.45) is 0 Å². The van der Waals surface area contributed by atoms with Crippen molar-refractivity contribution in [3.63, 3.8) is 0 Å². The number of aryl methyl sites for hydroxylation is 2. The summed E-state index contributed by atoms with van der Waals surface area (Å²) in [5.41, 5.74) is -3.04. The Morgan fingerprint density at radius 3 is 1.96 bits per heavy atom. The molecule has 9 aromatic carbocycles. The van der Waals surface area contributed by atoms with E-state index in [-0.39, 0.29) is 162 Å². The van der Waals surface area contributed by atoms with Gasteiger partial charge in [0.1, 0.15) is 11.2 Å². The molecule has 0 radical (unpaired) electrons. The molecule has 0 saturated carbocycles. The molecule has 1 aliphatic carbocycles. The van der Waals surface area contributed by atoms with Crippen molar-refractivity contribution in [2.75, 3.05) is 0 Å². The van der Waals surface area contributed by atoms with Gasteiger partial charge in [0.25, 0.3) is 0 Å². The molecule has 1 heterocycles. The van der Waals surface area contributed by atoms with Gasteiger partial charge < -0.3 is 4.42 Å². The summed E-state index contributed by atoms with van der Waals surface area (Å²) < 4.78 is 220. The molecule has 1 aliphatic rings. The van der Waals surface area contributed by atoms with Crippen molar-refractivity contribution in [3.05, 3.63) is 178 Å². The molecule has 1 aromatic heterocycles. The molecule has 0 aliphatic heterocycles. The van der Waals surface area contributed by atoms with Crippen molar-refractivity contribution in [2.45, 2.75) is 53.9 Å². The van der Waals surface area contributed by atoms with Crippen LogP contribution in [0.5, 0.6) is 0 Å². The van der Waals surface area contributed by atoms with Gasteiger partial charge in [-0.25, -0.2) is 0 Å². The fourth-order valence-electron chi connectivity index (χ4n) is 8.57. The Morgan fingerprint density at radius 2 is 1.12 bits per heavy atom. The Labute approximate surface area is 366 Å². The molecular formula is C56H44O. The van der Waals surface area contributed by atoms with Crippen molar-refractivity contribution in [3.8, 4) is 44.5 Å². The van der Waals surface area contributed by atoms with E-state index in [1.807, 2.05) is 0 Å². The second-order valence-electron chi connectivity index (χ2n) is 15.1. The minimum atomic E-state index is -1.27. The quantitative estimate of drug-likeness (QED) is 0.164. The summed E-state index contributed by atoms with van der Waals surface area (Å²) in [6.07, 6.45) is 0. The molecule has 0 spiro atoms. The molecule has 0 bridgehead atoms. The smallest absolute Gasteiger partial charge is 0.136 e. The van der Waals surface area contributed by atoms with Crippen LogP contribution >= 0.6 is 0 Å². The zero-order valence-electron chi connectivity index (χ0n) is 54.9. The fraction of sp³-hybridized carbons (Fsp3) is 0.143. The van der Waals surface area contributed by atoms with Crippen LogP contribution in [0.1, 0.15) is 84.3 Å². The lowest BCUT2D eigenvalue weighted by Gasteiger charge is -2.24. The Balaban J connectivity index is 1.34. The third kappa shape index (κ3) is 4.75. The van der Waals surface area contributed by atoms with E-state index in [0.717, 1.165) is 0 Å². The number of hydrogen-bond acceptors (Lipinski definition) is 1. The van der Waals surface area contributed by atoms with Crippen molar-refractivity contribution >= 4 is 54.3 Å². The maximum Gasteiger partial charge on any atom is 0.136 e. The zero-order chi connectivity index (χ0) is 58.9. The topological polar surface area (TPSA) is 13.1 Å². The predicted octanol–water partition coefficient (Wildman–Crippen LogP) is 15.9. The summed E-state index contributed by atoms with van der Waals surface area (Å²) >= 11 is 0. The van der Waals surface area contributed by atoms with Crippen LogP contribution in [0.2, 0.25) is 0 Å². The van der Waals surface area contributed by atoms with Crippen molar-refractivity contribution < 1.29 is 35.9 Å². The van der Waals surface area contributed by atoms with Crippen LogP contribution in [-0.4, -0.2) is 0 Å². The van der Waals surface area contributed by atoms with Crippen LogP contribution in [-0.2, 0) is 5.41 Å². The number of hydrogen-bond donors (Lipinski definition) is 0. The number of fused-ring (bicyclic) bond motifs is 9. The standard InChI is InChI=1S/C56H44O/c1-31-14-12-16-36-28-46-50(30-43(31)36)57-49-25-22-33(3)51(55(46)49)37-23-24-38(34(4)26-37)54-41-19-9-8-18-40(41)53(42-20-13-15-32(2)52(42)54)44-29-45-39-17-10-11-21-47(39)56(6,7)48(45)27-35(44)5/h8-30H,1-7H3/i8D,9D,10D,11D,12D,13D,14D,15D,16D,17D,18D,19D,20D,21D,22D,23D,24D,25D,26D,27D,28D,29D,30D. The number of furan rings is 1. The first-order valence-electron chi connectivity index (χ1n) is 29.9. The van der Waals surface area contributed by atoms with Gasteiger partial charge in [0, 0.05) is 16.2 Å². The first-order valence-corrected chi connectivity index (χ1v) is 18.4. The third-order valence-corrected chi connectivity index (χ3v) is 11.3. The SMILES string of the molecule is [2H]c1c([2H])c([2H])c2c(c1[2H])-c1c([2H])c(-c3c4c([2H])c([2H])c([2H])c([2H])c4c(-c4c([2H])c([2H])c(-c5c(C)c([2H])c([2H])c6oc7c([2H])c8c(C)c([2H])c([2H])c([2H])c8c([2H])c7c56)c([2H])c4C)c4c(C)c([2H])c([2H])c([2H])c34)c(C)c([2H])c1C2(C)C. The first kappa shape index (κ1) is 17.8. The molecule has 1 nitrogen and oxygen atoms in total. The summed E-state index contributed by atoms with van der Waals surface area (Å²) in [5.74, 6) is 0. The zero-order valence-corrected chi connectivity index (χ0v) is 31.9. The largest absolute Gasteiger partial charge is 0.456 e. The minimum absolute atomic E-state index is 0.00751. The normalized spacial score (nSPS) is 19.0. The van der Waals surface area contributed by atoms with Crippen LogP contribution in [0.4, 0.5) is 0 Å². The lowest BCUT2D eigenvalue weighted by Crippen LogP contribution is -2.15. The molecule has 0 unspecified atom stereocenters. The van der Waals surface area contributed by atoms with Crippen LogP contribution in [0, 0.1) is 34.6 Å². The van der Waals surface area contributed by atoms with Crippen LogP contribution in [0.3, 0.4) is 0 Å². The first-order chi connectivity index (χ1) is 37.2. The molecule has 0 N–H and O–H groups in total. The van der Waals surface area contributed by atoms with Gasteiger partial charge in [-0.2, -0.15) is 0 Å². The van der Waals surface area contributed by atoms with Gasteiger partial charge in [-0.3, -0.25) is 0 Å². The van der Waals surface area contributed by atoms with Crippen LogP contribution in [0.25, 0.3) is 98.8 Å². The average molecular weight is 756 g/mol. The van der Waals surface area contributed by atoms with E-state index >= 15 is 0 Å². The highest BCUT2D eigenvalue weighted by Crippen LogP contribution is 2.53. The van der Waals surface area contributed by atoms with Gasteiger partial charge in [0.2, 0.25) is 0 Å². The van der Waals surface area contributed by atoms with E-state index < -0.39 is 120 Å². The molecule has 57 heavy (non-hydrogen) atoms. The maximum atomic E-state index is 10.2. The Hall–Kier alpha value is -6.44. The number of benzene rings is 9. The lowest BCUT2D eigenvalue weighted by molar-refractivity contribution is 0.660. The third-order valence-electron chi connectivity index (χ3n) is 11.3. The lowest BCUT2D eigenvalue weighted by atomic mass is 9.79. The van der Waals surface area contributed by atoms with Gasteiger partial charge in [-0.05, 0) is 175 Å². The fourth-order valence-corrected chi connectivity index (χ4v) is 8.57. The highest BCUT2D eigenvalue weighted by molar-refractivity contribution is 6.23.